The molecule has 0 bridgehead atoms. The van der Waals surface area contributed by atoms with Crippen LogP contribution in [0.3, 0.4) is 0 Å². The number of aliphatic hydroxyl groups is 1. The molecule has 1 aliphatic rings. The second-order valence-corrected chi connectivity index (χ2v) is 7.35. The van der Waals surface area contributed by atoms with Crippen molar-refractivity contribution in [1.82, 2.24) is 0 Å². The fraction of sp³-hybridized carbons (Fsp3) is 0.333. The molecule has 26 heavy (non-hydrogen) atoms. The molecule has 0 saturated carbocycles. The van der Waals surface area contributed by atoms with Crippen molar-refractivity contribution in [2.45, 2.75) is 39.0 Å². The molecule has 1 unspecified atom stereocenters. The van der Waals surface area contributed by atoms with Gasteiger partial charge in [0.05, 0.1) is 4.47 Å². The molecule has 0 spiro atoms. The van der Waals surface area contributed by atoms with Crippen LogP contribution >= 0.6 is 43.5 Å². The Morgan fingerprint density at radius 1 is 1.19 bits per heavy atom. The van der Waals surface area contributed by atoms with E-state index in [2.05, 4.69) is 31.9 Å². The van der Waals surface area contributed by atoms with Crippen LogP contribution in [-0.2, 0) is 0 Å². The van der Waals surface area contributed by atoms with Crippen LogP contribution in [0.5, 0.6) is 5.75 Å². The van der Waals surface area contributed by atoms with Crippen molar-refractivity contribution in [3.05, 3.63) is 72.1 Å². The van der Waals surface area contributed by atoms with Crippen LogP contribution in [-0.4, -0.2) is 22.2 Å². The van der Waals surface area contributed by atoms with E-state index in [4.69, 9.17) is 16.3 Å². The van der Waals surface area contributed by atoms with Crippen LogP contribution in [0.2, 0.25) is 5.02 Å². The van der Waals surface area contributed by atoms with Crippen molar-refractivity contribution in [3.8, 4) is 5.75 Å². The zero-order valence-electron chi connectivity index (χ0n) is 14.5. The first-order valence-corrected chi connectivity index (χ1v) is 9.95. The summed E-state index contributed by atoms with van der Waals surface area (Å²) in [4.78, 5) is 10.4. The Bertz CT molecular complexity index is 731. The summed E-state index contributed by atoms with van der Waals surface area (Å²) in [6, 6.07) is 11.7. The molecule has 0 amide bonds. The van der Waals surface area contributed by atoms with Crippen LogP contribution in [0.15, 0.2) is 51.4 Å². The monoisotopic (exact) mass is 507 g/mol. The Morgan fingerprint density at radius 3 is 2.23 bits per heavy atom. The smallest absolute Gasteiger partial charge is 0.278 e. The van der Waals surface area contributed by atoms with Crippen LogP contribution in [0, 0.1) is 10.1 Å². The van der Waals surface area contributed by atoms with E-state index >= 15 is 0 Å². The SMILES string of the molecule is CC.C[C@@H]1Oc2c(Br)cc(Br)cc2[C@H](O)C1[N+](=O)[O-].Clc1ccccc1. The van der Waals surface area contributed by atoms with Crippen LogP contribution in [0.1, 0.15) is 32.4 Å². The quantitative estimate of drug-likeness (QED) is 0.376. The summed E-state index contributed by atoms with van der Waals surface area (Å²) in [6.45, 7) is 5.58. The molecule has 3 atom stereocenters. The highest BCUT2D eigenvalue weighted by molar-refractivity contribution is 9.11. The van der Waals surface area contributed by atoms with Gasteiger partial charge in [-0.05, 0) is 47.1 Å². The minimum Gasteiger partial charge on any atom is -0.482 e. The van der Waals surface area contributed by atoms with Gasteiger partial charge in [-0.3, -0.25) is 10.1 Å². The Hall–Kier alpha value is -1.15. The lowest BCUT2D eigenvalue weighted by Gasteiger charge is -2.30. The van der Waals surface area contributed by atoms with Crippen molar-refractivity contribution in [3.63, 3.8) is 0 Å². The molecule has 8 heteroatoms. The van der Waals surface area contributed by atoms with Gasteiger partial charge >= 0.3 is 0 Å². The highest BCUT2D eigenvalue weighted by Gasteiger charge is 2.44. The minimum absolute atomic E-state index is 0.422. The van der Waals surface area contributed by atoms with Crippen molar-refractivity contribution in [1.29, 1.82) is 0 Å². The van der Waals surface area contributed by atoms with Crippen LogP contribution in [0.25, 0.3) is 0 Å². The summed E-state index contributed by atoms with van der Waals surface area (Å²) in [5, 5.41) is 21.7. The Labute approximate surface area is 174 Å². The van der Waals surface area contributed by atoms with Gasteiger partial charge < -0.3 is 9.84 Å². The number of halogens is 3. The van der Waals surface area contributed by atoms with E-state index < -0.39 is 23.2 Å². The highest BCUT2D eigenvalue weighted by Crippen LogP contribution is 2.42. The molecule has 1 aliphatic heterocycles. The number of hydrogen-bond acceptors (Lipinski definition) is 4. The second kappa shape index (κ2) is 10.9. The summed E-state index contributed by atoms with van der Waals surface area (Å²) < 4.78 is 6.88. The highest BCUT2D eigenvalue weighted by atomic mass is 79.9. The molecule has 0 saturated heterocycles. The molecular formula is C18H20Br2ClNO4. The van der Waals surface area contributed by atoms with E-state index in [1.807, 2.05) is 44.2 Å². The number of benzene rings is 2. The summed E-state index contributed by atoms with van der Waals surface area (Å²) >= 11 is 12.1. The number of aliphatic hydroxyl groups excluding tert-OH is 1. The van der Waals surface area contributed by atoms with Gasteiger partial charge in [-0.1, -0.05) is 59.6 Å². The molecule has 0 fully saturated rings. The van der Waals surface area contributed by atoms with Crippen molar-refractivity contribution < 1.29 is 14.8 Å². The van der Waals surface area contributed by atoms with Crippen molar-refractivity contribution in [2.75, 3.05) is 0 Å². The van der Waals surface area contributed by atoms with E-state index in [0.717, 1.165) is 9.50 Å². The molecule has 0 aliphatic carbocycles. The molecule has 5 nitrogen and oxygen atoms in total. The number of nitro groups is 1. The van der Waals surface area contributed by atoms with Gasteiger partial charge in [0.1, 0.15) is 5.75 Å². The normalized spacial score (nSPS) is 20.3. The van der Waals surface area contributed by atoms with Gasteiger partial charge in [-0.25, -0.2) is 0 Å². The van der Waals surface area contributed by atoms with Gasteiger partial charge in [0, 0.05) is 20.0 Å². The molecule has 2 aromatic rings. The topological polar surface area (TPSA) is 72.6 Å². The molecular weight excluding hydrogens is 489 g/mol. The van der Waals surface area contributed by atoms with Gasteiger partial charge in [-0.15, -0.1) is 0 Å². The summed E-state index contributed by atoms with van der Waals surface area (Å²) in [5.74, 6) is 0.464. The Balaban J connectivity index is 0.000000313. The summed E-state index contributed by atoms with van der Waals surface area (Å²) in [7, 11) is 0. The fourth-order valence-corrected chi connectivity index (χ4v) is 3.82. The third-order valence-electron chi connectivity index (χ3n) is 3.44. The maximum absolute atomic E-state index is 10.9. The average molecular weight is 510 g/mol. The van der Waals surface area contributed by atoms with Gasteiger partial charge in [0.15, 0.2) is 12.2 Å². The third kappa shape index (κ3) is 5.94. The van der Waals surface area contributed by atoms with E-state index in [1.54, 1.807) is 19.1 Å². The number of fused-ring (bicyclic) bond motifs is 1. The largest absolute Gasteiger partial charge is 0.482 e. The first-order chi connectivity index (χ1) is 12.3. The van der Waals surface area contributed by atoms with E-state index in [0.29, 0.717) is 15.8 Å². The standard InChI is InChI=1S/C10H9Br2NO4.C6H5Cl.C2H6/c1-4-8(13(15)16)9(14)6-2-5(11)3-7(12)10(6)17-4;7-6-4-2-1-3-5-6;1-2/h2-4,8-9,14H,1H3;1-5H;1-2H3/t4-,8?,9-;;/m0../s1. The molecule has 0 radical (unpaired) electrons. The van der Waals surface area contributed by atoms with Crippen molar-refractivity contribution in [2.24, 2.45) is 0 Å². The molecule has 142 valence electrons. The summed E-state index contributed by atoms with van der Waals surface area (Å²) in [5.41, 5.74) is 0.422. The zero-order chi connectivity index (χ0) is 19.9. The first kappa shape index (κ1) is 22.9. The van der Waals surface area contributed by atoms with Gasteiger partial charge in [0.2, 0.25) is 0 Å². The lowest BCUT2D eigenvalue weighted by molar-refractivity contribution is -0.547. The predicted octanol–water partition coefficient (Wildman–Crippen LogP) is 6.04. The van der Waals surface area contributed by atoms with Gasteiger partial charge in [-0.2, -0.15) is 0 Å². The maximum atomic E-state index is 10.9. The summed E-state index contributed by atoms with van der Waals surface area (Å²) in [6.07, 6.45) is -1.84. The maximum Gasteiger partial charge on any atom is 0.278 e. The minimum atomic E-state index is -1.17. The lowest BCUT2D eigenvalue weighted by atomic mass is 9.95. The third-order valence-corrected chi connectivity index (χ3v) is 4.74. The molecule has 1 heterocycles. The lowest BCUT2D eigenvalue weighted by Crippen LogP contribution is -2.44. The molecule has 0 aromatic heterocycles. The molecule has 1 N–H and O–H groups in total. The number of ether oxygens (including phenoxy) is 1. The zero-order valence-corrected chi connectivity index (χ0v) is 18.5. The Morgan fingerprint density at radius 2 is 1.77 bits per heavy atom. The van der Waals surface area contributed by atoms with Crippen LogP contribution < -0.4 is 4.74 Å². The number of rotatable bonds is 1. The molecule has 3 rings (SSSR count). The van der Waals surface area contributed by atoms with E-state index in [1.165, 1.54) is 0 Å². The fourth-order valence-electron chi connectivity index (χ4n) is 2.32. The van der Waals surface area contributed by atoms with E-state index in [-0.39, 0.29) is 0 Å². The number of hydrogen-bond donors (Lipinski definition) is 1. The van der Waals surface area contributed by atoms with E-state index in [9.17, 15) is 15.2 Å². The van der Waals surface area contributed by atoms with Gasteiger partial charge in [0.25, 0.3) is 6.04 Å². The first-order valence-electron chi connectivity index (χ1n) is 7.99. The average Bonchev–Trinajstić information content (AvgIpc) is 2.59. The van der Waals surface area contributed by atoms with Crippen molar-refractivity contribution >= 4 is 43.5 Å². The van der Waals surface area contributed by atoms with Crippen LogP contribution in [0.4, 0.5) is 0 Å². The molecule has 2 aromatic carbocycles. The second-order valence-electron chi connectivity index (χ2n) is 5.15. The number of nitrogens with zero attached hydrogens (tertiary/aromatic N) is 1. The Kier molecular flexibility index (Phi) is 9.57. The predicted molar refractivity (Wildman–Crippen MR) is 110 cm³/mol.